The number of nitrogens with two attached hydrogens (primary N) is 2. The maximum absolute atomic E-state index is 5.93. The van der Waals surface area contributed by atoms with Gasteiger partial charge < -0.3 is 29.4 Å². The number of allylic oxidation sites excluding steroid dienone is 4. The molecule has 0 amide bonds. The van der Waals surface area contributed by atoms with Crippen LogP contribution in [0.2, 0.25) is 0 Å². The van der Waals surface area contributed by atoms with Crippen molar-refractivity contribution in [3.63, 3.8) is 0 Å². The number of halogens is 1. The van der Waals surface area contributed by atoms with Crippen LogP contribution in [0.15, 0.2) is 41.4 Å². The summed E-state index contributed by atoms with van der Waals surface area (Å²) in [5.41, 5.74) is 16.8. The molecule has 0 bridgehead atoms. The molecule has 0 spiro atoms. The maximum Gasteiger partial charge on any atom is 0.199 e. The van der Waals surface area contributed by atoms with Gasteiger partial charge in [-0.05, 0) is 36.8 Å². The summed E-state index contributed by atoms with van der Waals surface area (Å²) in [5, 5.41) is 0. The summed E-state index contributed by atoms with van der Waals surface area (Å²) >= 11 is 0. The van der Waals surface area contributed by atoms with E-state index in [0.717, 1.165) is 22.7 Å². The third-order valence-electron chi connectivity index (χ3n) is 3.03. The van der Waals surface area contributed by atoms with Gasteiger partial charge in [-0.25, -0.2) is 9.57 Å². The first kappa shape index (κ1) is 18.9. The smallest absolute Gasteiger partial charge is 0.199 e. The zero-order chi connectivity index (χ0) is 14.0. The average molecular weight is 309 g/mol. The second-order valence-electron chi connectivity index (χ2n) is 4.79. The van der Waals surface area contributed by atoms with Gasteiger partial charge >= 0.3 is 0 Å². The lowest BCUT2D eigenvalue weighted by molar-refractivity contribution is -0.462. The number of aryl methyl sites for hydroxylation is 1. The van der Waals surface area contributed by atoms with Gasteiger partial charge in [0.05, 0.1) is 17.1 Å². The molecule has 0 saturated carbocycles. The molecule has 0 aliphatic heterocycles. The summed E-state index contributed by atoms with van der Waals surface area (Å²) in [4.78, 5) is 4.54. The number of nitrogen functional groups attached to an aromatic ring is 2. The molecular weight excluding hydrogens is 288 g/mol. The second kappa shape index (κ2) is 7.61. The summed E-state index contributed by atoms with van der Waals surface area (Å²) in [6.07, 6.45) is 8.00. The molecule has 0 radical (unpaired) electrons. The Kier molecular flexibility index (Phi) is 6.85. The first-order valence-corrected chi connectivity index (χ1v) is 6.12. The molecular formula is C15H21ClN4O. The molecule has 1 aliphatic carbocycles. The molecule has 6 N–H and O–H groups in total. The van der Waals surface area contributed by atoms with Crippen molar-refractivity contribution in [1.29, 1.82) is 0 Å². The van der Waals surface area contributed by atoms with Crippen LogP contribution in [0.3, 0.4) is 0 Å². The van der Waals surface area contributed by atoms with Crippen molar-refractivity contribution in [3.05, 3.63) is 42.0 Å². The van der Waals surface area contributed by atoms with Crippen LogP contribution in [-0.2, 0) is 0 Å². The number of anilines is 2. The largest absolute Gasteiger partial charge is 1.00 e. The molecule has 114 valence electrons. The zero-order valence-corrected chi connectivity index (χ0v) is 13.1. The molecule has 1 aromatic carbocycles. The van der Waals surface area contributed by atoms with Crippen LogP contribution in [0.25, 0.3) is 0 Å². The van der Waals surface area contributed by atoms with Gasteiger partial charge in [-0.15, -0.1) is 0 Å². The predicted molar refractivity (Wildman–Crippen MR) is 86.1 cm³/mol. The highest BCUT2D eigenvalue weighted by molar-refractivity contribution is 6.17. The fourth-order valence-corrected chi connectivity index (χ4v) is 1.79. The van der Waals surface area contributed by atoms with Crippen molar-refractivity contribution in [2.24, 2.45) is 4.99 Å². The molecule has 2 rings (SSSR count). The minimum absolute atomic E-state index is 0. The Morgan fingerprint density at radius 1 is 0.952 bits per heavy atom. The van der Waals surface area contributed by atoms with E-state index in [1.54, 1.807) is 6.07 Å². The number of hydrogen-bond donors (Lipinski definition) is 2. The van der Waals surface area contributed by atoms with Crippen LogP contribution in [0, 0.1) is 6.92 Å². The maximum atomic E-state index is 5.93. The minimum atomic E-state index is 0. The van der Waals surface area contributed by atoms with Crippen LogP contribution in [0.4, 0.5) is 17.1 Å². The monoisotopic (exact) mass is 308 g/mol. The van der Waals surface area contributed by atoms with Gasteiger partial charge in [0.25, 0.3) is 0 Å². The van der Waals surface area contributed by atoms with Gasteiger partial charge in [0.1, 0.15) is 14.1 Å². The molecule has 0 atom stereocenters. The fourth-order valence-electron chi connectivity index (χ4n) is 1.79. The molecule has 0 saturated heterocycles. The topological polar surface area (TPSA) is 98.9 Å². The quantitative estimate of drug-likeness (QED) is 0.365. The number of aliphatic imine (C=N–C) groups is 1. The van der Waals surface area contributed by atoms with Crippen molar-refractivity contribution in [3.8, 4) is 0 Å². The van der Waals surface area contributed by atoms with E-state index in [2.05, 4.69) is 4.99 Å². The van der Waals surface area contributed by atoms with E-state index in [0.29, 0.717) is 11.4 Å². The van der Waals surface area contributed by atoms with Crippen molar-refractivity contribution < 1.29 is 22.5 Å². The number of nitrogens with zero attached hydrogens (tertiary/aromatic N) is 2. The van der Waals surface area contributed by atoms with Crippen molar-refractivity contribution in [2.75, 3.05) is 25.6 Å². The van der Waals surface area contributed by atoms with Crippen molar-refractivity contribution in [1.82, 2.24) is 0 Å². The van der Waals surface area contributed by atoms with Crippen LogP contribution in [-0.4, -0.2) is 35.6 Å². The van der Waals surface area contributed by atoms with E-state index < -0.39 is 0 Å². The minimum Gasteiger partial charge on any atom is -1.00 e. The number of rotatable bonds is 1. The molecule has 21 heavy (non-hydrogen) atoms. The van der Waals surface area contributed by atoms with Crippen molar-refractivity contribution in [2.45, 2.75) is 6.92 Å². The van der Waals surface area contributed by atoms with Gasteiger partial charge in [0.2, 0.25) is 0 Å². The highest BCUT2D eigenvalue weighted by Gasteiger charge is 2.07. The molecule has 0 unspecified atom stereocenters. The first-order valence-electron chi connectivity index (χ1n) is 6.12. The Bertz CT molecular complexity index is 623. The van der Waals surface area contributed by atoms with Crippen molar-refractivity contribution >= 4 is 28.5 Å². The first-order chi connectivity index (χ1) is 8.97. The summed E-state index contributed by atoms with van der Waals surface area (Å²) in [5.74, 6) is 0. The highest BCUT2D eigenvalue weighted by atomic mass is 35.5. The lowest BCUT2D eigenvalue weighted by atomic mass is 10.1. The van der Waals surface area contributed by atoms with Crippen LogP contribution in [0.5, 0.6) is 0 Å². The van der Waals surface area contributed by atoms with Crippen LogP contribution >= 0.6 is 0 Å². The Morgan fingerprint density at radius 3 is 2.05 bits per heavy atom. The normalized spacial score (nSPS) is 12.5. The summed E-state index contributed by atoms with van der Waals surface area (Å²) in [7, 11) is 4.01. The Labute approximate surface area is 131 Å². The number of hydrogen-bond acceptors (Lipinski definition) is 3. The highest BCUT2D eigenvalue weighted by Crippen LogP contribution is 2.28. The van der Waals surface area contributed by atoms with E-state index >= 15 is 0 Å². The predicted octanol–water partition coefficient (Wildman–Crippen LogP) is -1.75. The summed E-state index contributed by atoms with van der Waals surface area (Å²) < 4.78 is 2.05. The Hall–Kier alpha value is -2.11. The van der Waals surface area contributed by atoms with E-state index in [-0.39, 0.29) is 17.9 Å². The molecule has 6 heteroatoms. The Morgan fingerprint density at radius 2 is 1.52 bits per heavy atom. The molecule has 0 heterocycles. The molecule has 1 aromatic rings. The van der Waals surface area contributed by atoms with Gasteiger partial charge in [0.15, 0.2) is 5.71 Å². The molecule has 5 nitrogen and oxygen atoms in total. The van der Waals surface area contributed by atoms with E-state index in [4.69, 9.17) is 11.5 Å². The van der Waals surface area contributed by atoms with E-state index in [9.17, 15) is 0 Å². The zero-order valence-electron chi connectivity index (χ0n) is 12.4. The van der Waals surface area contributed by atoms with Gasteiger partial charge in [-0.3, -0.25) is 0 Å². The summed E-state index contributed by atoms with van der Waals surface area (Å²) in [6, 6.07) is 3.66. The fraction of sp³-hybridized carbons (Fsp3) is 0.200. The molecule has 0 fully saturated rings. The SMILES string of the molecule is Cc1cc(N=C2C=CC(=[N+](C)C)C=C2)c(N)cc1N.O.[Cl-]. The number of benzene rings is 1. The lowest BCUT2D eigenvalue weighted by Crippen LogP contribution is -3.00. The van der Waals surface area contributed by atoms with Gasteiger partial charge in [0, 0.05) is 17.8 Å². The van der Waals surface area contributed by atoms with Crippen LogP contribution < -0.4 is 23.9 Å². The summed E-state index contributed by atoms with van der Waals surface area (Å²) in [6.45, 7) is 1.95. The molecule has 0 aromatic heterocycles. The van der Waals surface area contributed by atoms with E-state index in [1.807, 2.05) is 56.0 Å². The van der Waals surface area contributed by atoms with E-state index in [1.165, 1.54) is 0 Å². The van der Waals surface area contributed by atoms with Gasteiger partial charge in [-0.1, -0.05) is 0 Å². The lowest BCUT2D eigenvalue weighted by Gasteiger charge is -2.07. The third kappa shape index (κ3) is 4.44. The molecule has 1 aliphatic rings. The third-order valence-corrected chi connectivity index (χ3v) is 3.03. The van der Waals surface area contributed by atoms with Crippen LogP contribution in [0.1, 0.15) is 5.56 Å². The van der Waals surface area contributed by atoms with Gasteiger partial charge in [-0.2, -0.15) is 0 Å². The average Bonchev–Trinajstić information content (AvgIpc) is 2.36. The standard InChI is InChI=1S/C15H18N4.ClH.H2O/c1-10-8-15(14(17)9-13(10)16)18-11-4-6-12(7-5-11)19(2)3;;/h4-9H,1-3H3,(H3,16,17);1H;1H2. The second-order valence-corrected chi connectivity index (χ2v) is 4.79. The Balaban J connectivity index is 0.00000200.